The first kappa shape index (κ1) is 14.6. The average molecular weight is 367 g/mol. The molecule has 0 radical (unpaired) electrons. The van der Waals surface area contributed by atoms with Gasteiger partial charge in [-0.05, 0) is 30.3 Å². The predicted octanol–water partition coefficient (Wildman–Crippen LogP) is 5.65. The molecule has 6 heteroatoms. The van der Waals surface area contributed by atoms with Gasteiger partial charge in [0.1, 0.15) is 5.82 Å². The maximum absolute atomic E-state index is 13.5. The Labute approximate surface area is 127 Å². The highest BCUT2D eigenvalue weighted by molar-refractivity contribution is 9.10. The highest BCUT2D eigenvalue weighted by atomic mass is 79.9. The molecule has 2 rings (SSSR count). The third kappa shape index (κ3) is 3.59. The van der Waals surface area contributed by atoms with Gasteiger partial charge in [0.25, 0.3) is 0 Å². The van der Waals surface area contributed by atoms with Crippen molar-refractivity contribution in [3.63, 3.8) is 0 Å². The van der Waals surface area contributed by atoms with E-state index in [9.17, 15) is 8.78 Å². The SMILES string of the molecule is Fc1ccc(Br)cc1CNc1cc(Cl)c(F)c(Cl)c1. The fourth-order valence-electron chi connectivity index (χ4n) is 1.53. The number of halogens is 5. The van der Waals surface area contributed by atoms with E-state index in [0.29, 0.717) is 11.3 Å². The quantitative estimate of drug-likeness (QED) is 0.692. The number of hydrogen-bond donors (Lipinski definition) is 1. The first-order valence-corrected chi connectivity index (χ1v) is 6.84. The van der Waals surface area contributed by atoms with Gasteiger partial charge in [-0.25, -0.2) is 8.78 Å². The fourth-order valence-corrected chi connectivity index (χ4v) is 2.43. The molecule has 0 saturated carbocycles. The Kier molecular flexibility index (Phi) is 4.66. The molecular formula is C13H8BrCl2F2N. The first-order chi connectivity index (χ1) is 8.97. The Morgan fingerprint density at radius 2 is 1.68 bits per heavy atom. The molecule has 0 aliphatic heterocycles. The molecule has 0 fully saturated rings. The molecule has 0 bridgehead atoms. The van der Waals surface area contributed by atoms with Gasteiger partial charge in [-0.15, -0.1) is 0 Å². The lowest BCUT2D eigenvalue weighted by Crippen LogP contribution is -2.02. The minimum atomic E-state index is -0.664. The van der Waals surface area contributed by atoms with Crippen molar-refractivity contribution >= 4 is 44.8 Å². The van der Waals surface area contributed by atoms with Crippen LogP contribution in [0.15, 0.2) is 34.8 Å². The number of anilines is 1. The second-order valence-electron chi connectivity index (χ2n) is 3.84. The van der Waals surface area contributed by atoms with Gasteiger partial charge in [-0.1, -0.05) is 39.1 Å². The molecule has 0 aliphatic carbocycles. The zero-order valence-electron chi connectivity index (χ0n) is 9.48. The Hall–Kier alpha value is -0.840. The van der Waals surface area contributed by atoms with Crippen molar-refractivity contribution in [1.82, 2.24) is 0 Å². The summed E-state index contributed by atoms with van der Waals surface area (Å²) < 4.78 is 27.5. The van der Waals surface area contributed by atoms with Crippen molar-refractivity contribution in [3.05, 3.63) is 62.0 Å². The second kappa shape index (κ2) is 6.07. The van der Waals surface area contributed by atoms with Gasteiger partial charge in [0, 0.05) is 22.3 Å². The Morgan fingerprint density at radius 3 is 2.32 bits per heavy atom. The molecule has 2 aromatic carbocycles. The summed E-state index contributed by atoms with van der Waals surface area (Å²) in [5.41, 5.74) is 1.00. The van der Waals surface area contributed by atoms with Crippen molar-refractivity contribution in [2.45, 2.75) is 6.54 Å². The molecule has 1 nitrogen and oxygen atoms in total. The minimum absolute atomic E-state index is 0.0790. The molecule has 100 valence electrons. The lowest BCUT2D eigenvalue weighted by Gasteiger charge is -2.09. The molecule has 0 aliphatic rings. The van der Waals surface area contributed by atoms with Gasteiger partial charge in [0.15, 0.2) is 5.82 Å². The van der Waals surface area contributed by atoms with Gasteiger partial charge < -0.3 is 5.32 Å². The van der Waals surface area contributed by atoms with Crippen LogP contribution in [0.1, 0.15) is 5.56 Å². The maximum Gasteiger partial charge on any atom is 0.160 e. The van der Waals surface area contributed by atoms with Gasteiger partial charge in [0.05, 0.1) is 10.0 Å². The Morgan fingerprint density at radius 1 is 1.05 bits per heavy atom. The lowest BCUT2D eigenvalue weighted by atomic mass is 10.2. The van der Waals surface area contributed by atoms with Gasteiger partial charge in [0.2, 0.25) is 0 Å². The molecule has 0 amide bonds. The Bertz CT molecular complexity index is 597. The van der Waals surface area contributed by atoms with Crippen LogP contribution in [0.4, 0.5) is 14.5 Å². The maximum atomic E-state index is 13.5. The zero-order chi connectivity index (χ0) is 14.0. The van der Waals surface area contributed by atoms with E-state index in [0.717, 1.165) is 4.47 Å². The van der Waals surface area contributed by atoms with Crippen LogP contribution in [-0.2, 0) is 6.54 Å². The molecule has 0 atom stereocenters. The summed E-state index contributed by atoms with van der Waals surface area (Å²) in [5, 5.41) is 2.78. The van der Waals surface area contributed by atoms with E-state index < -0.39 is 5.82 Å². The number of rotatable bonds is 3. The molecule has 0 heterocycles. The van der Waals surface area contributed by atoms with Crippen molar-refractivity contribution in [2.75, 3.05) is 5.32 Å². The highest BCUT2D eigenvalue weighted by Crippen LogP contribution is 2.27. The highest BCUT2D eigenvalue weighted by Gasteiger charge is 2.08. The van der Waals surface area contributed by atoms with Crippen molar-refractivity contribution in [2.24, 2.45) is 0 Å². The molecule has 2 aromatic rings. The Balaban J connectivity index is 2.17. The van der Waals surface area contributed by atoms with Crippen molar-refractivity contribution in [3.8, 4) is 0 Å². The summed E-state index contributed by atoms with van der Waals surface area (Å²) in [6.45, 7) is 0.240. The number of nitrogens with one attached hydrogen (secondary N) is 1. The summed E-state index contributed by atoms with van der Waals surface area (Å²) in [5.74, 6) is -0.988. The zero-order valence-corrected chi connectivity index (χ0v) is 12.6. The fraction of sp³-hybridized carbons (Fsp3) is 0.0769. The molecule has 19 heavy (non-hydrogen) atoms. The van der Waals surface area contributed by atoms with Gasteiger partial charge in [-0.3, -0.25) is 0 Å². The van der Waals surface area contributed by atoms with Crippen LogP contribution < -0.4 is 5.32 Å². The molecule has 1 N–H and O–H groups in total. The standard InChI is InChI=1S/C13H8BrCl2F2N/c14-8-1-2-12(17)7(3-8)6-19-9-4-10(15)13(18)11(16)5-9/h1-5,19H,6H2. The summed E-state index contributed by atoms with van der Waals surface area (Å²) in [7, 11) is 0. The lowest BCUT2D eigenvalue weighted by molar-refractivity contribution is 0.612. The topological polar surface area (TPSA) is 12.0 Å². The predicted molar refractivity (Wildman–Crippen MR) is 77.8 cm³/mol. The number of hydrogen-bond acceptors (Lipinski definition) is 1. The smallest absolute Gasteiger partial charge is 0.160 e. The average Bonchev–Trinajstić information content (AvgIpc) is 2.37. The molecule has 0 unspecified atom stereocenters. The van der Waals surface area contributed by atoms with Crippen LogP contribution >= 0.6 is 39.1 Å². The third-order valence-electron chi connectivity index (χ3n) is 2.47. The number of benzene rings is 2. The van der Waals surface area contributed by atoms with Crippen LogP contribution in [0.2, 0.25) is 10.0 Å². The van der Waals surface area contributed by atoms with Crippen LogP contribution in [0, 0.1) is 11.6 Å². The largest absolute Gasteiger partial charge is 0.381 e. The van der Waals surface area contributed by atoms with Crippen LogP contribution in [0.25, 0.3) is 0 Å². The van der Waals surface area contributed by atoms with Crippen LogP contribution in [-0.4, -0.2) is 0 Å². The normalized spacial score (nSPS) is 10.6. The second-order valence-corrected chi connectivity index (χ2v) is 5.57. The summed E-state index contributed by atoms with van der Waals surface area (Å²) >= 11 is 14.6. The van der Waals surface area contributed by atoms with Gasteiger partial charge >= 0.3 is 0 Å². The first-order valence-electron chi connectivity index (χ1n) is 5.29. The van der Waals surface area contributed by atoms with E-state index in [1.807, 2.05) is 0 Å². The van der Waals surface area contributed by atoms with Gasteiger partial charge in [-0.2, -0.15) is 0 Å². The van der Waals surface area contributed by atoms with E-state index in [2.05, 4.69) is 21.2 Å². The van der Waals surface area contributed by atoms with E-state index in [1.54, 1.807) is 12.1 Å². The van der Waals surface area contributed by atoms with E-state index >= 15 is 0 Å². The van der Waals surface area contributed by atoms with Crippen molar-refractivity contribution in [1.29, 1.82) is 0 Å². The van der Waals surface area contributed by atoms with E-state index in [1.165, 1.54) is 18.2 Å². The molecule has 0 spiro atoms. The van der Waals surface area contributed by atoms with E-state index in [4.69, 9.17) is 23.2 Å². The summed E-state index contributed by atoms with van der Waals surface area (Å²) in [6.07, 6.45) is 0. The van der Waals surface area contributed by atoms with Crippen LogP contribution in [0.5, 0.6) is 0 Å². The summed E-state index contributed by atoms with van der Waals surface area (Å²) in [4.78, 5) is 0. The molecule has 0 saturated heterocycles. The monoisotopic (exact) mass is 365 g/mol. The van der Waals surface area contributed by atoms with Crippen molar-refractivity contribution < 1.29 is 8.78 Å². The summed E-state index contributed by atoms with van der Waals surface area (Å²) in [6, 6.07) is 7.45. The molecule has 0 aromatic heterocycles. The van der Waals surface area contributed by atoms with Crippen LogP contribution in [0.3, 0.4) is 0 Å². The molecular weight excluding hydrogens is 359 g/mol. The third-order valence-corrected chi connectivity index (χ3v) is 3.52. The van der Waals surface area contributed by atoms with E-state index in [-0.39, 0.29) is 22.4 Å². The minimum Gasteiger partial charge on any atom is -0.381 e.